The summed E-state index contributed by atoms with van der Waals surface area (Å²) in [5, 5.41) is 5.01. The van der Waals surface area contributed by atoms with E-state index in [2.05, 4.69) is 10.6 Å². The van der Waals surface area contributed by atoms with Gasteiger partial charge in [0.05, 0.1) is 19.3 Å². The molecule has 0 heterocycles. The first-order valence-corrected chi connectivity index (χ1v) is 5.00. The van der Waals surface area contributed by atoms with Crippen LogP contribution in [0.15, 0.2) is 18.2 Å². The van der Waals surface area contributed by atoms with E-state index in [1.54, 1.807) is 18.2 Å². The second kappa shape index (κ2) is 5.74. The summed E-state index contributed by atoms with van der Waals surface area (Å²) >= 11 is 0. The molecule has 0 aliphatic carbocycles. The summed E-state index contributed by atoms with van der Waals surface area (Å²) in [5.74, 6) is -0.0793. The largest absolute Gasteiger partial charge is 0.495 e. The van der Waals surface area contributed by atoms with Gasteiger partial charge in [-0.15, -0.1) is 0 Å². The number of carbonyl (C=O) groups is 2. The van der Waals surface area contributed by atoms with E-state index in [1.807, 2.05) is 0 Å². The van der Waals surface area contributed by atoms with Crippen LogP contribution in [-0.4, -0.2) is 25.5 Å². The number of hydrogen-bond acceptors (Lipinski definition) is 4. The van der Waals surface area contributed by atoms with Crippen molar-refractivity contribution in [2.75, 3.05) is 24.7 Å². The lowest BCUT2D eigenvalue weighted by molar-refractivity contribution is -0.122. The van der Waals surface area contributed by atoms with E-state index < -0.39 is 0 Å². The monoisotopic (exact) mass is 237 g/mol. The maximum atomic E-state index is 11.4. The van der Waals surface area contributed by atoms with Crippen LogP contribution in [0.5, 0.6) is 5.75 Å². The minimum absolute atomic E-state index is 0.0674. The normalized spacial score (nSPS) is 9.53. The number of benzene rings is 1. The molecule has 6 heteroatoms. The maximum Gasteiger partial charge on any atom is 0.243 e. The Morgan fingerprint density at radius 1 is 1.41 bits per heavy atom. The first kappa shape index (κ1) is 12.8. The van der Waals surface area contributed by atoms with Gasteiger partial charge in [-0.3, -0.25) is 9.59 Å². The van der Waals surface area contributed by atoms with Gasteiger partial charge >= 0.3 is 0 Å². The van der Waals surface area contributed by atoms with Crippen molar-refractivity contribution in [2.45, 2.75) is 6.92 Å². The van der Waals surface area contributed by atoms with Crippen LogP contribution in [-0.2, 0) is 9.59 Å². The van der Waals surface area contributed by atoms with Crippen LogP contribution >= 0.6 is 0 Å². The van der Waals surface area contributed by atoms with Gasteiger partial charge < -0.3 is 21.1 Å². The lowest BCUT2D eigenvalue weighted by Crippen LogP contribution is -2.31. The van der Waals surface area contributed by atoms with Gasteiger partial charge in [-0.2, -0.15) is 0 Å². The number of nitrogen functional groups attached to an aromatic ring is 1. The Bertz CT molecular complexity index is 432. The van der Waals surface area contributed by atoms with Gasteiger partial charge in [-0.05, 0) is 12.1 Å². The predicted molar refractivity (Wildman–Crippen MR) is 64.7 cm³/mol. The molecule has 0 saturated carbocycles. The SMILES string of the molecule is COc1cc(NC(=O)CNC(C)=O)ccc1N. The fourth-order valence-corrected chi connectivity index (χ4v) is 1.20. The van der Waals surface area contributed by atoms with Gasteiger partial charge in [0.2, 0.25) is 11.8 Å². The summed E-state index contributed by atoms with van der Waals surface area (Å²) in [6.07, 6.45) is 0. The minimum Gasteiger partial charge on any atom is -0.495 e. The van der Waals surface area contributed by atoms with Gasteiger partial charge in [0.15, 0.2) is 0 Å². The van der Waals surface area contributed by atoms with Crippen LogP contribution in [0.2, 0.25) is 0 Å². The van der Waals surface area contributed by atoms with Gasteiger partial charge in [-0.1, -0.05) is 0 Å². The molecule has 0 bridgehead atoms. The van der Waals surface area contributed by atoms with Gasteiger partial charge in [0.1, 0.15) is 5.75 Å². The average molecular weight is 237 g/mol. The number of nitrogens with two attached hydrogens (primary N) is 1. The second-order valence-corrected chi connectivity index (χ2v) is 3.41. The molecule has 0 spiro atoms. The molecule has 1 rings (SSSR count). The second-order valence-electron chi connectivity index (χ2n) is 3.41. The van der Waals surface area contributed by atoms with E-state index in [1.165, 1.54) is 14.0 Å². The van der Waals surface area contributed by atoms with Crippen molar-refractivity contribution in [3.05, 3.63) is 18.2 Å². The molecule has 1 aromatic rings. The highest BCUT2D eigenvalue weighted by Crippen LogP contribution is 2.24. The lowest BCUT2D eigenvalue weighted by atomic mass is 10.2. The number of nitrogens with one attached hydrogen (secondary N) is 2. The Kier molecular flexibility index (Phi) is 4.33. The standard InChI is InChI=1S/C11H15N3O3/c1-7(15)13-6-11(16)14-8-3-4-9(12)10(5-8)17-2/h3-5H,6,12H2,1-2H3,(H,13,15)(H,14,16). The molecule has 0 atom stereocenters. The summed E-state index contributed by atoms with van der Waals surface area (Å²) < 4.78 is 5.02. The Balaban J connectivity index is 2.62. The van der Waals surface area contributed by atoms with E-state index in [0.717, 1.165) is 0 Å². The molecule has 2 amide bonds. The summed E-state index contributed by atoms with van der Waals surface area (Å²) in [5.41, 5.74) is 6.69. The molecule has 0 aliphatic rings. The highest BCUT2D eigenvalue weighted by molar-refractivity contribution is 5.94. The average Bonchev–Trinajstić information content (AvgIpc) is 2.29. The molecular formula is C11H15N3O3. The van der Waals surface area contributed by atoms with E-state index in [9.17, 15) is 9.59 Å². The molecule has 0 saturated heterocycles. The molecule has 92 valence electrons. The van der Waals surface area contributed by atoms with E-state index in [4.69, 9.17) is 10.5 Å². The smallest absolute Gasteiger partial charge is 0.243 e. The third-order valence-electron chi connectivity index (χ3n) is 2.02. The van der Waals surface area contributed by atoms with Gasteiger partial charge in [0.25, 0.3) is 0 Å². The van der Waals surface area contributed by atoms with Crippen LogP contribution < -0.4 is 21.1 Å². The molecule has 0 aromatic heterocycles. The number of carbonyl (C=O) groups excluding carboxylic acids is 2. The van der Waals surface area contributed by atoms with Crippen LogP contribution in [0.25, 0.3) is 0 Å². The number of anilines is 2. The zero-order valence-corrected chi connectivity index (χ0v) is 9.74. The van der Waals surface area contributed by atoms with Crippen LogP contribution in [0.3, 0.4) is 0 Å². The summed E-state index contributed by atoms with van der Waals surface area (Å²) in [4.78, 5) is 22.0. The number of rotatable bonds is 4. The Labute approximate surface area is 99.1 Å². The highest BCUT2D eigenvalue weighted by atomic mass is 16.5. The maximum absolute atomic E-state index is 11.4. The number of hydrogen-bond donors (Lipinski definition) is 3. The molecule has 0 unspecified atom stereocenters. The molecule has 17 heavy (non-hydrogen) atoms. The lowest BCUT2D eigenvalue weighted by Gasteiger charge is -2.09. The molecule has 4 N–H and O–H groups in total. The van der Waals surface area contributed by atoms with E-state index in [-0.39, 0.29) is 18.4 Å². The first-order valence-electron chi connectivity index (χ1n) is 5.00. The van der Waals surface area contributed by atoms with Crippen LogP contribution in [0, 0.1) is 0 Å². The number of ether oxygens (including phenoxy) is 1. The number of methoxy groups -OCH3 is 1. The Hall–Kier alpha value is -2.24. The fourth-order valence-electron chi connectivity index (χ4n) is 1.20. The summed E-state index contributed by atoms with van der Waals surface area (Å²) in [6.45, 7) is 1.28. The zero-order valence-electron chi connectivity index (χ0n) is 9.74. The third-order valence-corrected chi connectivity index (χ3v) is 2.02. The predicted octanol–water partition coefficient (Wildman–Crippen LogP) is 0.352. The first-order chi connectivity index (χ1) is 8.02. The van der Waals surface area contributed by atoms with Gasteiger partial charge in [-0.25, -0.2) is 0 Å². The molecule has 0 radical (unpaired) electrons. The topological polar surface area (TPSA) is 93.5 Å². The fraction of sp³-hybridized carbons (Fsp3) is 0.273. The van der Waals surface area contributed by atoms with Crippen LogP contribution in [0.1, 0.15) is 6.92 Å². The molecule has 0 aliphatic heterocycles. The van der Waals surface area contributed by atoms with E-state index in [0.29, 0.717) is 17.1 Å². The van der Waals surface area contributed by atoms with Gasteiger partial charge in [0, 0.05) is 18.7 Å². The summed E-state index contributed by atoms with van der Waals surface area (Å²) in [6, 6.07) is 4.90. The van der Waals surface area contributed by atoms with Crippen molar-refractivity contribution in [3.63, 3.8) is 0 Å². The van der Waals surface area contributed by atoms with E-state index >= 15 is 0 Å². The van der Waals surface area contributed by atoms with Crippen LogP contribution in [0.4, 0.5) is 11.4 Å². The van der Waals surface area contributed by atoms with Crippen molar-refractivity contribution in [2.24, 2.45) is 0 Å². The molecule has 0 fully saturated rings. The zero-order chi connectivity index (χ0) is 12.8. The van der Waals surface area contributed by atoms with Crippen molar-refractivity contribution in [1.82, 2.24) is 5.32 Å². The van der Waals surface area contributed by atoms with Crippen molar-refractivity contribution >= 4 is 23.2 Å². The van der Waals surface area contributed by atoms with Crippen molar-refractivity contribution in [3.8, 4) is 5.75 Å². The summed E-state index contributed by atoms with van der Waals surface area (Å²) in [7, 11) is 1.49. The third kappa shape index (κ3) is 4.02. The molecular weight excluding hydrogens is 222 g/mol. The molecule has 1 aromatic carbocycles. The Morgan fingerprint density at radius 2 is 2.12 bits per heavy atom. The Morgan fingerprint density at radius 3 is 2.71 bits per heavy atom. The quantitative estimate of drug-likeness (QED) is 0.659. The molecule has 6 nitrogen and oxygen atoms in total. The minimum atomic E-state index is -0.313. The van der Waals surface area contributed by atoms with Crippen molar-refractivity contribution in [1.29, 1.82) is 0 Å². The van der Waals surface area contributed by atoms with Crippen molar-refractivity contribution < 1.29 is 14.3 Å². The number of amides is 2. The highest BCUT2D eigenvalue weighted by Gasteiger charge is 2.05.